The van der Waals surface area contributed by atoms with Crippen LogP contribution in [-0.2, 0) is 0 Å². The lowest BCUT2D eigenvalue weighted by molar-refractivity contribution is -0.385. The van der Waals surface area contributed by atoms with Crippen molar-refractivity contribution in [1.29, 1.82) is 0 Å². The molecule has 0 aliphatic rings. The number of hydrogen-bond acceptors (Lipinski definition) is 4. The van der Waals surface area contributed by atoms with E-state index >= 15 is 0 Å². The Morgan fingerprint density at radius 1 is 1.48 bits per heavy atom. The molecule has 0 aliphatic carbocycles. The van der Waals surface area contributed by atoms with Crippen molar-refractivity contribution in [2.75, 3.05) is 0 Å². The molecule has 1 aromatic heterocycles. The highest BCUT2D eigenvalue weighted by Crippen LogP contribution is 2.22. The van der Waals surface area contributed by atoms with Gasteiger partial charge < -0.3 is 9.73 Å². The highest BCUT2D eigenvalue weighted by atomic mass is 19.1. The topological polar surface area (TPSA) is 85.4 Å². The van der Waals surface area contributed by atoms with Crippen LogP contribution in [0.5, 0.6) is 0 Å². The minimum absolute atomic E-state index is 0.0417. The number of nitro benzene ring substituents is 1. The predicted molar refractivity (Wildman–Crippen MR) is 72.4 cm³/mol. The molecule has 0 aliphatic heterocycles. The van der Waals surface area contributed by atoms with Gasteiger partial charge in [-0.15, -0.1) is 0 Å². The van der Waals surface area contributed by atoms with Gasteiger partial charge in [0, 0.05) is 12.1 Å². The first kappa shape index (κ1) is 14.7. The molecule has 7 heteroatoms. The Morgan fingerprint density at radius 2 is 2.19 bits per heavy atom. The van der Waals surface area contributed by atoms with Gasteiger partial charge >= 0.3 is 0 Å². The van der Waals surface area contributed by atoms with E-state index in [-0.39, 0.29) is 16.8 Å². The Balaban J connectivity index is 2.28. The first-order chi connectivity index (χ1) is 9.90. The number of aryl methyl sites for hydroxylation is 1. The standard InChI is InChI=1S/C14H13FN2O4/c1-8-6-10(17(19)20)7-11(13(8)15)14(18)16-9(2)12-4-3-5-21-12/h3-7,9H,1-2H3,(H,16,18). The number of benzene rings is 1. The van der Waals surface area contributed by atoms with Gasteiger partial charge in [-0.3, -0.25) is 14.9 Å². The van der Waals surface area contributed by atoms with Gasteiger partial charge in [-0.05, 0) is 31.5 Å². The molecule has 1 atom stereocenters. The average Bonchev–Trinajstić information content (AvgIpc) is 2.95. The highest BCUT2D eigenvalue weighted by Gasteiger charge is 2.21. The van der Waals surface area contributed by atoms with Gasteiger partial charge in [-0.2, -0.15) is 0 Å². The maximum Gasteiger partial charge on any atom is 0.270 e. The zero-order valence-electron chi connectivity index (χ0n) is 11.4. The van der Waals surface area contributed by atoms with Gasteiger partial charge in [-0.25, -0.2) is 4.39 Å². The molecule has 1 heterocycles. The maximum absolute atomic E-state index is 14.0. The smallest absolute Gasteiger partial charge is 0.270 e. The molecule has 0 radical (unpaired) electrons. The largest absolute Gasteiger partial charge is 0.467 e. The average molecular weight is 292 g/mol. The summed E-state index contributed by atoms with van der Waals surface area (Å²) in [6, 6.07) is 4.86. The number of hydrogen-bond donors (Lipinski definition) is 1. The van der Waals surface area contributed by atoms with Crippen molar-refractivity contribution in [3.63, 3.8) is 0 Å². The molecule has 110 valence electrons. The fraction of sp³-hybridized carbons (Fsp3) is 0.214. The lowest BCUT2D eigenvalue weighted by Gasteiger charge is -2.12. The van der Waals surface area contributed by atoms with Crippen LogP contribution in [0.2, 0.25) is 0 Å². The SMILES string of the molecule is Cc1cc([N+](=O)[O-])cc(C(=O)NC(C)c2ccco2)c1F. The van der Waals surface area contributed by atoms with Gasteiger partial charge in [0.25, 0.3) is 11.6 Å². The first-order valence-electron chi connectivity index (χ1n) is 6.19. The Kier molecular flexibility index (Phi) is 4.02. The van der Waals surface area contributed by atoms with Crippen LogP contribution in [0, 0.1) is 22.9 Å². The van der Waals surface area contributed by atoms with Crippen LogP contribution in [0.3, 0.4) is 0 Å². The second-order valence-electron chi connectivity index (χ2n) is 4.59. The number of nitrogens with one attached hydrogen (secondary N) is 1. The van der Waals surface area contributed by atoms with E-state index in [2.05, 4.69) is 5.32 Å². The molecule has 6 nitrogen and oxygen atoms in total. The second-order valence-corrected chi connectivity index (χ2v) is 4.59. The number of carbonyl (C=O) groups is 1. The van der Waals surface area contributed by atoms with E-state index in [1.54, 1.807) is 19.1 Å². The molecule has 2 aromatic rings. The molecule has 0 fully saturated rings. The fourth-order valence-electron chi connectivity index (χ4n) is 1.90. The zero-order valence-corrected chi connectivity index (χ0v) is 11.4. The number of carbonyl (C=O) groups excluding carboxylic acids is 1. The van der Waals surface area contributed by atoms with Crippen LogP contribution in [-0.4, -0.2) is 10.8 Å². The summed E-state index contributed by atoms with van der Waals surface area (Å²) in [5.74, 6) is -1.00. The molecular formula is C14H13FN2O4. The molecule has 0 bridgehead atoms. The molecule has 21 heavy (non-hydrogen) atoms. The van der Waals surface area contributed by atoms with E-state index in [0.717, 1.165) is 12.1 Å². The number of amides is 1. The van der Waals surface area contributed by atoms with E-state index in [1.165, 1.54) is 13.2 Å². The lowest BCUT2D eigenvalue weighted by atomic mass is 10.1. The minimum Gasteiger partial charge on any atom is -0.467 e. The van der Waals surface area contributed by atoms with Crippen molar-refractivity contribution in [2.45, 2.75) is 19.9 Å². The highest BCUT2D eigenvalue weighted by molar-refractivity contribution is 5.95. The van der Waals surface area contributed by atoms with E-state index in [9.17, 15) is 19.3 Å². The monoisotopic (exact) mass is 292 g/mol. The van der Waals surface area contributed by atoms with E-state index in [4.69, 9.17) is 4.42 Å². The summed E-state index contributed by atoms with van der Waals surface area (Å²) in [5, 5.41) is 13.3. The molecule has 1 amide bonds. The normalized spacial score (nSPS) is 12.0. The Labute approximate surface area is 119 Å². The number of non-ortho nitro benzene ring substituents is 1. The Morgan fingerprint density at radius 3 is 2.76 bits per heavy atom. The van der Waals surface area contributed by atoms with E-state index < -0.39 is 22.7 Å². The van der Waals surface area contributed by atoms with Gasteiger partial charge in [0.05, 0.1) is 22.8 Å². The van der Waals surface area contributed by atoms with Crippen molar-refractivity contribution in [3.8, 4) is 0 Å². The summed E-state index contributed by atoms with van der Waals surface area (Å²) < 4.78 is 19.1. The third-order valence-corrected chi connectivity index (χ3v) is 3.01. The molecule has 1 aromatic carbocycles. The van der Waals surface area contributed by atoms with Crippen LogP contribution in [0.15, 0.2) is 34.9 Å². The quantitative estimate of drug-likeness (QED) is 0.693. The summed E-state index contributed by atoms with van der Waals surface area (Å²) in [5.41, 5.74) is -0.648. The van der Waals surface area contributed by atoms with Crippen molar-refractivity contribution in [1.82, 2.24) is 5.32 Å². The molecule has 0 spiro atoms. The second kappa shape index (κ2) is 5.74. The fourth-order valence-corrected chi connectivity index (χ4v) is 1.90. The number of rotatable bonds is 4. The van der Waals surface area contributed by atoms with Gasteiger partial charge in [0.1, 0.15) is 11.6 Å². The summed E-state index contributed by atoms with van der Waals surface area (Å²) in [6.07, 6.45) is 1.45. The third kappa shape index (κ3) is 3.07. The minimum atomic E-state index is -0.773. The van der Waals surface area contributed by atoms with Crippen LogP contribution >= 0.6 is 0 Å². The summed E-state index contributed by atoms with van der Waals surface area (Å²) in [4.78, 5) is 22.2. The maximum atomic E-state index is 14.0. The first-order valence-corrected chi connectivity index (χ1v) is 6.19. The van der Waals surface area contributed by atoms with Crippen LogP contribution in [0.4, 0.5) is 10.1 Å². The van der Waals surface area contributed by atoms with E-state index in [1.807, 2.05) is 0 Å². The van der Waals surface area contributed by atoms with Crippen molar-refractivity contribution < 1.29 is 18.5 Å². The molecule has 2 rings (SSSR count). The summed E-state index contributed by atoms with van der Waals surface area (Å²) >= 11 is 0. The van der Waals surface area contributed by atoms with Gasteiger partial charge in [0.15, 0.2) is 0 Å². The van der Waals surface area contributed by atoms with Crippen LogP contribution in [0.25, 0.3) is 0 Å². The molecular weight excluding hydrogens is 279 g/mol. The number of furan rings is 1. The van der Waals surface area contributed by atoms with Crippen molar-refractivity contribution in [2.24, 2.45) is 0 Å². The molecule has 0 saturated heterocycles. The third-order valence-electron chi connectivity index (χ3n) is 3.01. The number of halogens is 1. The van der Waals surface area contributed by atoms with Crippen molar-refractivity contribution in [3.05, 3.63) is 63.3 Å². The number of nitrogens with zero attached hydrogens (tertiary/aromatic N) is 1. The molecule has 0 saturated carbocycles. The van der Waals surface area contributed by atoms with Crippen molar-refractivity contribution >= 4 is 11.6 Å². The van der Waals surface area contributed by atoms with Gasteiger partial charge in [0.2, 0.25) is 0 Å². The molecule has 1 N–H and O–H groups in total. The number of nitro groups is 1. The Bertz CT molecular complexity index is 683. The zero-order chi connectivity index (χ0) is 15.6. The van der Waals surface area contributed by atoms with Crippen LogP contribution in [0.1, 0.15) is 34.6 Å². The summed E-state index contributed by atoms with van der Waals surface area (Å²) in [7, 11) is 0. The van der Waals surface area contributed by atoms with Crippen LogP contribution < -0.4 is 5.32 Å². The Hall–Kier alpha value is -2.70. The lowest BCUT2D eigenvalue weighted by Crippen LogP contribution is -2.27. The van der Waals surface area contributed by atoms with Gasteiger partial charge in [-0.1, -0.05) is 0 Å². The predicted octanol–water partition coefficient (Wildman–Crippen LogP) is 3.13. The summed E-state index contributed by atoms with van der Waals surface area (Å²) in [6.45, 7) is 3.04. The molecule has 1 unspecified atom stereocenters. The van der Waals surface area contributed by atoms with E-state index in [0.29, 0.717) is 5.76 Å².